The summed E-state index contributed by atoms with van der Waals surface area (Å²) in [5.74, 6) is -4.06. The standard InChI is InChI=1S/C14H10F3N3/c1-7-2-4-9-11(6-7)20(14(18)19-9)10-5-3-8(15)12(16)13(10)17/h2-6H,1H3,(H2,18,19). The summed E-state index contributed by atoms with van der Waals surface area (Å²) in [6, 6.07) is 7.30. The van der Waals surface area contributed by atoms with Gasteiger partial charge in [-0.1, -0.05) is 6.07 Å². The van der Waals surface area contributed by atoms with Crippen LogP contribution in [0.25, 0.3) is 16.7 Å². The van der Waals surface area contributed by atoms with E-state index in [1.165, 1.54) is 4.57 Å². The third-order valence-electron chi connectivity index (χ3n) is 3.09. The zero-order chi connectivity index (χ0) is 14.4. The summed E-state index contributed by atoms with van der Waals surface area (Å²) in [6.07, 6.45) is 0. The number of aryl methyl sites for hydroxylation is 1. The van der Waals surface area contributed by atoms with Gasteiger partial charge in [-0.15, -0.1) is 0 Å². The largest absolute Gasteiger partial charge is 0.369 e. The number of halogens is 3. The number of nitrogens with zero attached hydrogens (tertiary/aromatic N) is 2. The van der Waals surface area contributed by atoms with Crippen LogP contribution in [0.4, 0.5) is 19.1 Å². The normalized spacial score (nSPS) is 11.2. The number of hydrogen-bond donors (Lipinski definition) is 1. The van der Waals surface area contributed by atoms with Crippen molar-refractivity contribution in [2.24, 2.45) is 0 Å². The number of nitrogen functional groups attached to an aromatic ring is 1. The highest BCUT2D eigenvalue weighted by atomic mass is 19.2. The van der Waals surface area contributed by atoms with Crippen LogP contribution in [0.3, 0.4) is 0 Å². The highest BCUT2D eigenvalue weighted by molar-refractivity contribution is 5.81. The minimum Gasteiger partial charge on any atom is -0.369 e. The Morgan fingerprint density at radius 1 is 1.05 bits per heavy atom. The highest BCUT2D eigenvalue weighted by Gasteiger charge is 2.18. The van der Waals surface area contributed by atoms with Crippen LogP contribution in [0.1, 0.15) is 5.56 Å². The summed E-state index contributed by atoms with van der Waals surface area (Å²) in [5, 5.41) is 0. The number of rotatable bonds is 1. The molecule has 20 heavy (non-hydrogen) atoms. The average Bonchev–Trinajstić information content (AvgIpc) is 2.72. The number of anilines is 1. The van der Waals surface area contributed by atoms with Gasteiger partial charge in [-0.05, 0) is 36.8 Å². The molecule has 3 aromatic rings. The van der Waals surface area contributed by atoms with Crippen molar-refractivity contribution in [1.82, 2.24) is 9.55 Å². The van der Waals surface area contributed by atoms with Gasteiger partial charge < -0.3 is 5.73 Å². The highest BCUT2D eigenvalue weighted by Crippen LogP contribution is 2.27. The lowest BCUT2D eigenvalue weighted by atomic mass is 10.2. The van der Waals surface area contributed by atoms with Gasteiger partial charge in [-0.2, -0.15) is 0 Å². The van der Waals surface area contributed by atoms with Gasteiger partial charge in [0.2, 0.25) is 5.95 Å². The van der Waals surface area contributed by atoms with E-state index in [0.29, 0.717) is 11.0 Å². The predicted molar refractivity (Wildman–Crippen MR) is 70.1 cm³/mol. The van der Waals surface area contributed by atoms with E-state index in [-0.39, 0.29) is 11.6 Å². The van der Waals surface area contributed by atoms with E-state index in [1.54, 1.807) is 12.1 Å². The second-order valence-corrected chi connectivity index (χ2v) is 4.49. The molecule has 2 aromatic carbocycles. The van der Waals surface area contributed by atoms with Gasteiger partial charge >= 0.3 is 0 Å². The second-order valence-electron chi connectivity index (χ2n) is 4.49. The summed E-state index contributed by atoms with van der Waals surface area (Å²) < 4.78 is 41.6. The fourth-order valence-corrected chi connectivity index (χ4v) is 2.15. The first kappa shape index (κ1) is 12.5. The lowest BCUT2D eigenvalue weighted by Gasteiger charge is -2.09. The molecule has 3 rings (SSSR count). The van der Waals surface area contributed by atoms with E-state index in [4.69, 9.17) is 5.73 Å². The second kappa shape index (κ2) is 4.26. The molecule has 0 aliphatic heterocycles. The zero-order valence-electron chi connectivity index (χ0n) is 10.5. The van der Waals surface area contributed by atoms with Crippen molar-refractivity contribution < 1.29 is 13.2 Å². The topological polar surface area (TPSA) is 43.8 Å². The van der Waals surface area contributed by atoms with Crippen molar-refractivity contribution in [2.75, 3.05) is 5.73 Å². The van der Waals surface area contributed by atoms with Crippen molar-refractivity contribution in [3.8, 4) is 5.69 Å². The summed E-state index contributed by atoms with van der Waals surface area (Å²) in [4.78, 5) is 4.08. The van der Waals surface area contributed by atoms with Crippen molar-refractivity contribution in [1.29, 1.82) is 0 Å². The summed E-state index contributed by atoms with van der Waals surface area (Å²) >= 11 is 0. The lowest BCUT2D eigenvalue weighted by molar-refractivity contribution is 0.445. The van der Waals surface area contributed by atoms with E-state index in [9.17, 15) is 13.2 Å². The van der Waals surface area contributed by atoms with Crippen LogP contribution in [0.5, 0.6) is 0 Å². The van der Waals surface area contributed by atoms with Crippen LogP contribution in [0, 0.1) is 24.4 Å². The predicted octanol–water partition coefficient (Wildman–Crippen LogP) is 3.33. The minimum atomic E-state index is -1.53. The molecule has 0 radical (unpaired) electrons. The average molecular weight is 277 g/mol. The third kappa shape index (κ3) is 1.72. The Morgan fingerprint density at radius 2 is 1.80 bits per heavy atom. The number of hydrogen-bond acceptors (Lipinski definition) is 2. The lowest BCUT2D eigenvalue weighted by Crippen LogP contribution is -2.05. The molecule has 3 nitrogen and oxygen atoms in total. The van der Waals surface area contributed by atoms with Gasteiger partial charge in [0, 0.05) is 0 Å². The first-order chi connectivity index (χ1) is 9.49. The molecule has 0 saturated carbocycles. The molecule has 0 spiro atoms. The van der Waals surface area contributed by atoms with Crippen LogP contribution < -0.4 is 5.73 Å². The van der Waals surface area contributed by atoms with Crippen molar-refractivity contribution in [3.05, 3.63) is 53.3 Å². The Morgan fingerprint density at radius 3 is 2.55 bits per heavy atom. The van der Waals surface area contributed by atoms with Gasteiger partial charge in [0.05, 0.1) is 16.7 Å². The Kier molecular flexibility index (Phi) is 2.67. The van der Waals surface area contributed by atoms with Gasteiger partial charge in [0.15, 0.2) is 17.5 Å². The van der Waals surface area contributed by atoms with Crippen molar-refractivity contribution in [2.45, 2.75) is 6.92 Å². The monoisotopic (exact) mass is 277 g/mol. The maximum Gasteiger partial charge on any atom is 0.206 e. The quantitative estimate of drug-likeness (QED) is 0.693. The molecule has 0 saturated heterocycles. The Labute approximate surface area is 112 Å². The van der Waals surface area contributed by atoms with Crippen LogP contribution in [0.15, 0.2) is 30.3 Å². The minimum absolute atomic E-state index is 0.00973. The first-order valence-electron chi connectivity index (χ1n) is 5.87. The molecule has 0 bridgehead atoms. The van der Waals surface area contributed by atoms with Crippen LogP contribution in [0.2, 0.25) is 0 Å². The molecular formula is C14H10F3N3. The zero-order valence-corrected chi connectivity index (χ0v) is 10.5. The molecule has 1 aromatic heterocycles. The van der Waals surface area contributed by atoms with Crippen molar-refractivity contribution in [3.63, 3.8) is 0 Å². The summed E-state index contributed by atoms with van der Waals surface area (Å²) in [7, 11) is 0. The van der Waals surface area contributed by atoms with Gasteiger partial charge in [0.25, 0.3) is 0 Å². The van der Waals surface area contributed by atoms with E-state index in [2.05, 4.69) is 4.98 Å². The third-order valence-corrected chi connectivity index (χ3v) is 3.09. The number of benzene rings is 2. The Balaban J connectivity index is 2.37. The van der Waals surface area contributed by atoms with E-state index >= 15 is 0 Å². The smallest absolute Gasteiger partial charge is 0.206 e. The Bertz CT molecular complexity index is 824. The van der Waals surface area contributed by atoms with Crippen LogP contribution in [-0.4, -0.2) is 9.55 Å². The van der Waals surface area contributed by atoms with E-state index in [0.717, 1.165) is 17.7 Å². The SMILES string of the molecule is Cc1ccc2nc(N)n(-c3ccc(F)c(F)c3F)c2c1. The molecule has 1 heterocycles. The molecule has 0 amide bonds. The van der Waals surface area contributed by atoms with E-state index in [1.807, 2.05) is 13.0 Å². The van der Waals surface area contributed by atoms with Crippen LogP contribution >= 0.6 is 0 Å². The van der Waals surface area contributed by atoms with Gasteiger partial charge in [-0.25, -0.2) is 18.2 Å². The number of fused-ring (bicyclic) bond motifs is 1. The van der Waals surface area contributed by atoms with E-state index < -0.39 is 17.5 Å². The van der Waals surface area contributed by atoms with Crippen LogP contribution in [-0.2, 0) is 0 Å². The maximum absolute atomic E-state index is 13.9. The number of nitrogens with two attached hydrogens (primary N) is 1. The fourth-order valence-electron chi connectivity index (χ4n) is 2.15. The molecule has 2 N–H and O–H groups in total. The van der Waals surface area contributed by atoms with Crippen molar-refractivity contribution >= 4 is 17.0 Å². The number of imidazole rings is 1. The molecule has 6 heteroatoms. The summed E-state index contributed by atoms with van der Waals surface area (Å²) in [5.41, 5.74) is 7.60. The fraction of sp³-hybridized carbons (Fsp3) is 0.0714. The Hall–Kier alpha value is -2.50. The molecule has 0 aliphatic carbocycles. The molecule has 0 unspecified atom stereocenters. The summed E-state index contributed by atoms with van der Waals surface area (Å²) in [6.45, 7) is 1.86. The number of aromatic nitrogens is 2. The molecular weight excluding hydrogens is 267 g/mol. The molecule has 0 fully saturated rings. The van der Waals surface area contributed by atoms with Gasteiger partial charge in [-0.3, -0.25) is 4.57 Å². The first-order valence-corrected chi connectivity index (χ1v) is 5.87. The maximum atomic E-state index is 13.9. The molecule has 0 aliphatic rings. The molecule has 0 atom stereocenters. The molecule has 102 valence electrons. The van der Waals surface area contributed by atoms with Gasteiger partial charge in [0.1, 0.15) is 0 Å².